The zero-order chi connectivity index (χ0) is 14.7. The number of benzene rings is 2. The van der Waals surface area contributed by atoms with Crippen LogP contribution in [0.3, 0.4) is 0 Å². The van der Waals surface area contributed by atoms with Crippen LogP contribution in [0, 0.1) is 5.82 Å². The van der Waals surface area contributed by atoms with Gasteiger partial charge >= 0.3 is 0 Å². The first-order valence-electron chi connectivity index (χ1n) is 7.89. The smallest absolute Gasteiger partial charge is 0.123 e. The van der Waals surface area contributed by atoms with Crippen molar-refractivity contribution >= 4 is 0 Å². The third-order valence-electron chi connectivity index (χ3n) is 4.22. The van der Waals surface area contributed by atoms with Gasteiger partial charge in [-0.15, -0.1) is 0 Å². The minimum Gasteiger partial charge on any atom is -0.313 e. The maximum atomic E-state index is 13.7. The molecule has 21 heavy (non-hydrogen) atoms. The van der Waals surface area contributed by atoms with Crippen LogP contribution in [-0.4, -0.2) is 6.54 Å². The molecule has 0 saturated carbocycles. The van der Waals surface area contributed by atoms with Gasteiger partial charge in [0.05, 0.1) is 0 Å². The van der Waals surface area contributed by atoms with Crippen molar-refractivity contribution in [3.63, 3.8) is 0 Å². The first-order valence-corrected chi connectivity index (χ1v) is 7.89. The summed E-state index contributed by atoms with van der Waals surface area (Å²) in [4.78, 5) is 0. The minimum absolute atomic E-state index is 0.162. The van der Waals surface area contributed by atoms with E-state index in [0.717, 1.165) is 37.1 Å². The van der Waals surface area contributed by atoms with Crippen LogP contribution < -0.4 is 5.32 Å². The van der Waals surface area contributed by atoms with E-state index in [9.17, 15) is 4.39 Å². The highest BCUT2D eigenvalue weighted by Crippen LogP contribution is 2.30. The van der Waals surface area contributed by atoms with Crippen LogP contribution in [0.1, 0.15) is 36.5 Å². The predicted octanol–water partition coefficient (Wildman–Crippen LogP) is 4.48. The molecule has 0 spiro atoms. The number of rotatable bonds is 5. The third kappa shape index (κ3) is 3.16. The van der Waals surface area contributed by atoms with Crippen LogP contribution in [0.4, 0.5) is 4.39 Å². The molecule has 2 aromatic rings. The molecule has 2 aromatic carbocycles. The molecule has 1 aliphatic carbocycles. The normalized spacial score (nSPS) is 13.4. The molecule has 1 N–H and O–H groups in total. The summed E-state index contributed by atoms with van der Waals surface area (Å²) in [5.41, 5.74) is 6.23. The summed E-state index contributed by atoms with van der Waals surface area (Å²) in [5, 5.41) is 3.41. The summed E-state index contributed by atoms with van der Waals surface area (Å²) in [6, 6.07) is 11.7. The molecule has 110 valence electrons. The van der Waals surface area contributed by atoms with Gasteiger partial charge in [0.2, 0.25) is 0 Å². The van der Waals surface area contributed by atoms with Crippen LogP contribution in [0.15, 0.2) is 36.4 Å². The van der Waals surface area contributed by atoms with E-state index >= 15 is 0 Å². The molecular weight excluding hydrogens is 261 g/mol. The first-order chi connectivity index (χ1) is 10.3. The Labute approximate surface area is 126 Å². The standard InChI is InChI=1S/C19H22FN/c1-2-10-21-13-17-8-9-18(20)12-19(17)16-7-6-14-4-3-5-15(14)11-16/h6-9,11-12,21H,2-5,10,13H2,1H3. The first kappa shape index (κ1) is 14.3. The fourth-order valence-electron chi connectivity index (χ4n) is 3.11. The number of nitrogens with one attached hydrogen (secondary N) is 1. The van der Waals surface area contributed by atoms with Gasteiger partial charge < -0.3 is 5.32 Å². The topological polar surface area (TPSA) is 12.0 Å². The Hall–Kier alpha value is -1.67. The highest BCUT2D eigenvalue weighted by atomic mass is 19.1. The molecule has 0 unspecified atom stereocenters. The van der Waals surface area contributed by atoms with E-state index in [1.54, 1.807) is 12.1 Å². The molecule has 1 nitrogen and oxygen atoms in total. The number of fused-ring (bicyclic) bond motifs is 1. The van der Waals surface area contributed by atoms with Crippen molar-refractivity contribution in [2.75, 3.05) is 6.54 Å². The molecule has 0 aromatic heterocycles. The Bertz CT molecular complexity index is 633. The number of hydrogen-bond acceptors (Lipinski definition) is 1. The molecule has 0 fully saturated rings. The number of hydrogen-bond donors (Lipinski definition) is 1. The Morgan fingerprint density at radius 3 is 2.76 bits per heavy atom. The van der Waals surface area contributed by atoms with Crippen molar-refractivity contribution in [1.82, 2.24) is 5.32 Å². The number of aryl methyl sites for hydroxylation is 2. The molecule has 0 radical (unpaired) electrons. The fourth-order valence-corrected chi connectivity index (χ4v) is 3.11. The van der Waals surface area contributed by atoms with Gasteiger partial charge in [0, 0.05) is 6.54 Å². The molecule has 2 heteroatoms. The highest BCUT2D eigenvalue weighted by molar-refractivity contribution is 5.69. The quantitative estimate of drug-likeness (QED) is 0.798. The van der Waals surface area contributed by atoms with Crippen molar-refractivity contribution in [3.05, 3.63) is 58.9 Å². The van der Waals surface area contributed by atoms with Crippen molar-refractivity contribution in [1.29, 1.82) is 0 Å². The van der Waals surface area contributed by atoms with Gasteiger partial charge in [-0.1, -0.05) is 31.2 Å². The third-order valence-corrected chi connectivity index (χ3v) is 4.22. The van der Waals surface area contributed by atoms with E-state index in [1.807, 2.05) is 6.07 Å². The second-order valence-electron chi connectivity index (χ2n) is 5.82. The Morgan fingerprint density at radius 2 is 1.90 bits per heavy atom. The van der Waals surface area contributed by atoms with Gasteiger partial charge in [0.25, 0.3) is 0 Å². The monoisotopic (exact) mass is 283 g/mol. The molecule has 0 saturated heterocycles. The van der Waals surface area contributed by atoms with Gasteiger partial charge in [0.15, 0.2) is 0 Å². The zero-order valence-corrected chi connectivity index (χ0v) is 12.6. The maximum absolute atomic E-state index is 13.7. The lowest BCUT2D eigenvalue weighted by molar-refractivity contribution is 0.625. The summed E-state index contributed by atoms with van der Waals surface area (Å²) in [6.45, 7) is 3.93. The van der Waals surface area contributed by atoms with E-state index < -0.39 is 0 Å². The lowest BCUT2D eigenvalue weighted by atomic mass is 9.96. The van der Waals surface area contributed by atoms with Gasteiger partial charge in [-0.25, -0.2) is 4.39 Å². The maximum Gasteiger partial charge on any atom is 0.123 e. The van der Waals surface area contributed by atoms with E-state index in [-0.39, 0.29) is 5.82 Å². The minimum atomic E-state index is -0.162. The van der Waals surface area contributed by atoms with Gasteiger partial charge in [-0.05, 0) is 72.2 Å². The van der Waals surface area contributed by atoms with Crippen molar-refractivity contribution in [2.45, 2.75) is 39.2 Å². The van der Waals surface area contributed by atoms with Gasteiger partial charge in [-0.2, -0.15) is 0 Å². The van der Waals surface area contributed by atoms with E-state index in [0.29, 0.717) is 0 Å². The molecule has 0 atom stereocenters. The summed E-state index contributed by atoms with van der Waals surface area (Å²) < 4.78 is 13.7. The lowest BCUT2D eigenvalue weighted by Gasteiger charge is -2.12. The second-order valence-corrected chi connectivity index (χ2v) is 5.82. The molecule has 0 heterocycles. The molecule has 0 amide bonds. The Kier molecular flexibility index (Phi) is 4.35. The molecule has 0 bridgehead atoms. The molecule has 1 aliphatic rings. The summed E-state index contributed by atoms with van der Waals surface area (Å²) in [5.74, 6) is -0.162. The van der Waals surface area contributed by atoms with Crippen LogP contribution in [-0.2, 0) is 19.4 Å². The van der Waals surface area contributed by atoms with E-state index in [4.69, 9.17) is 0 Å². The molecule has 3 rings (SSSR count). The highest BCUT2D eigenvalue weighted by Gasteiger charge is 2.13. The zero-order valence-electron chi connectivity index (χ0n) is 12.6. The Morgan fingerprint density at radius 1 is 1.05 bits per heavy atom. The largest absolute Gasteiger partial charge is 0.313 e. The van der Waals surface area contributed by atoms with Crippen molar-refractivity contribution < 1.29 is 4.39 Å². The van der Waals surface area contributed by atoms with Crippen LogP contribution in [0.5, 0.6) is 0 Å². The van der Waals surface area contributed by atoms with Gasteiger partial charge in [-0.3, -0.25) is 0 Å². The number of halogens is 1. The van der Waals surface area contributed by atoms with Crippen molar-refractivity contribution in [3.8, 4) is 11.1 Å². The van der Waals surface area contributed by atoms with E-state index in [1.165, 1.54) is 29.5 Å². The Balaban J connectivity index is 1.94. The average Bonchev–Trinajstić information content (AvgIpc) is 2.96. The van der Waals surface area contributed by atoms with Crippen molar-refractivity contribution in [2.24, 2.45) is 0 Å². The fraction of sp³-hybridized carbons (Fsp3) is 0.368. The summed E-state index contributed by atoms with van der Waals surface area (Å²) in [6.07, 6.45) is 4.69. The molecular formula is C19H22FN. The van der Waals surface area contributed by atoms with Crippen LogP contribution >= 0.6 is 0 Å². The van der Waals surface area contributed by atoms with Gasteiger partial charge in [0.1, 0.15) is 5.82 Å². The second kappa shape index (κ2) is 6.40. The summed E-state index contributed by atoms with van der Waals surface area (Å²) in [7, 11) is 0. The van der Waals surface area contributed by atoms with E-state index in [2.05, 4.69) is 30.4 Å². The average molecular weight is 283 g/mol. The van der Waals surface area contributed by atoms with Crippen LogP contribution in [0.25, 0.3) is 11.1 Å². The SMILES string of the molecule is CCCNCc1ccc(F)cc1-c1ccc2c(c1)CCC2. The molecule has 0 aliphatic heterocycles. The predicted molar refractivity (Wildman–Crippen MR) is 85.9 cm³/mol. The lowest BCUT2D eigenvalue weighted by Crippen LogP contribution is -2.14. The van der Waals surface area contributed by atoms with Crippen LogP contribution in [0.2, 0.25) is 0 Å². The summed E-state index contributed by atoms with van der Waals surface area (Å²) >= 11 is 0.